The van der Waals surface area contributed by atoms with E-state index >= 15 is 0 Å². The highest BCUT2D eigenvalue weighted by Crippen LogP contribution is 2.25. The Morgan fingerprint density at radius 2 is 2.00 bits per heavy atom. The molecule has 1 fully saturated rings. The summed E-state index contributed by atoms with van der Waals surface area (Å²) in [6.07, 6.45) is 3.11. The Hall–Kier alpha value is -2.70. The maximum absolute atomic E-state index is 11.4. The van der Waals surface area contributed by atoms with Crippen LogP contribution in [0.4, 0.5) is 17.5 Å². The molecule has 1 aromatic heterocycles. The first-order chi connectivity index (χ1) is 10.7. The molecular weight excluding hydrogens is 280 g/mol. The summed E-state index contributed by atoms with van der Waals surface area (Å²) in [5.41, 5.74) is 7.49. The van der Waals surface area contributed by atoms with Gasteiger partial charge in [0.05, 0.1) is 0 Å². The van der Waals surface area contributed by atoms with Crippen LogP contribution in [0, 0.1) is 0 Å². The molecule has 0 saturated heterocycles. The van der Waals surface area contributed by atoms with Gasteiger partial charge in [-0.15, -0.1) is 10.2 Å². The molecule has 1 heterocycles. The topological polar surface area (TPSA) is 106 Å². The lowest BCUT2D eigenvalue weighted by Gasteiger charge is -2.10. The average molecular weight is 298 g/mol. The Morgan fingerprint density at radius 3 is 2.59 bits per heavy atom. The molecule has 0 unspecified atom stereocenters. The largest absolute Gasteiger partial charge is 0.365 e. The summed E-state index contributed by atoms with van der Waals surface area (Å²) in [5.74, 6) is 0.0806. The summed E-state index contributed by atoms with van der Waals surface area (Å²) in [6.45, 7) is 2.11. The summed E-state index contributed by atoms with van der Waals surface area (Å²) in [4.78, 5) is 15.7. The van der Waals surface area contributed by atoms with Crippen molar-refractivity contribution in [2.75, 3.05) is 10.6 Å². The van der Waals surface area contributed by atoms with Crippen molar-refractivity contribution in [3.63, 3.8) is 0 Å². The molecule has 1 aromatic carbocycles. The first-order valence-corrected chi connectivity index (χ1v) is 7.32. The van der Waals surface area contributed by atoms with E-state index in [0.29, 0.717) is 17.8 Å². The maximum atomic E-state index is 11.4. The smallest absolute Gasteiger partial charge is 0.273 e. The quantitative estimate of drug-likeness (QED) is 0.751. The second kappa shape index (κ2) is 5.97. The minimum absolute atomic E-state index is 0.0683. The van der Waals surface area contributed by atoms with Crippen LogP contribution in [0.2, 0.25) is 0 Å². The average Bonchev–Trinajstić information content (AvgIpc) is 3.32. The molecule has 7 nitrogen and oxygen atoms in total. The Balaban J connectivity index is 1.81. The SMILES string of the molecule is CCc1ccc(Nc2nnc(C(N)=O)c(NC3CC3)n2)cc1. The van der Waals surface area contributed by atoms with Crippen molar-refractivity contribution in [1.29, 1.82) is 0 Å². The van der Waals surface area contributed by atoms with Crippen LogP contribution in [-0.2, 0) is 6.42 Å². The fraction of sp³-hybridized carbons (Fsp3) is 0.333. The lowest BCUT2D eigenvalue weighted by atomic mass is 10.1. The van der Waals surface area contributed by atoms with Crippen LogP contribution in [-0.4, -0.2) is 27.1 Å². The van der Waals surface area contributed by atoms with Gasteiger partial charge in [0.1, 0.15) is 0 Å². The van der Waals surface area contributed by atoms with Gasteiger partial charge in [-0.25, -0.2) is 0 Å². The molecule has 114 valence electrons. The summed E-state index contributed by atoms with van der Waals surface area (Å²) in [6, 6.07) is 8.33. The summed E-state index contributed by atoms with van der Waals surface area (Å²) in [7, 11) is 0. The third-order valence-electron chi connectivity index (χ3n) is 3.46. The molecule has 4 N–H and O–H groups in total. The number of hydrogen-bond donors (Lipinski definition) is 3. The molecule has 0 spiro atoms. The van der Waals surface area contributed by atoms with Gasteiger partial charge in [-0.3, -0.25) is 4.79 Å². The highest BCUT2D eigenvalue weighted by Gasteiger charge is 2.25. The zero-order valence-electron chi connectivity index (χ0n) is 12.3. The Labute approximate surface area is 128 Å². The highest BCUT2D eigenvalue weighted by molar-refractivity contribution is 5.95. The minimum Gasteiger partial charge on any atom is -0.365 e. The van der Waals surface area contributed by atoms with Crippen LogP contribution >= 0.6 is 0 Å². The van der Waals surface area contributed by atoms with Gasteiger partial charge < -0.3 is 16.4 Å². The first kappa shape index (κ1) is 14.2. The van der Waals surface area contributed by atoms with Gasteiger partial charge in [0, 0.05) is 11.7 Å². The molecule has 0 bridgehead atoms. The number of carbonyl (C=O) groups is 1. The number of nitrogens with two attached hydrogens (primary N) is 1. The third kappa shape index (κ3) is 3.30. The van der Waals surface area contributed by atoms with Gasteiger partial charge in [0.25, 0.3) is 5.91 Å². The Morgan fingerprint density at radius 1 is 1.27 bits per heavy atom. The molecule has 1 amide bonds. The molecule has 0 radical (unpaired) electrons. The molecule has 0 aliphatic heterocycles. The van der Waals surface area contributed by atoms with Crippen molar-refractivity contribution < 1.29 is 4.79 Å². The van der Waals surface area contributed by atoms with Crippen LogP contribution in [0.15, 0.2) is 24.3 Å². The summed E-state index contributed by atoms with van der Waals surface area (Å²) in [5, 5.41) is 14.0. The van der Waals surface area contributed by atoms with E-state index in [-0.39, 0.29) is 5.69 Å². The standard InChI is InChI=1S/C15H18N6O/c1-2-9-3-5-11(6-4-9)18-15-19-14(17-10-7-8-10)12(13(16)22)20-21-15/h3-6,10H,2,7-8H2,1H3,(H2,16,22)(H2,17,18,19,21). The fourth-order valence-corrected chi connectivity index (χ4v) is 2.02. The van der Waals surface area contributed by atoms with E-state index in [0.717, 1.165) is 24.9 Å². The zero-order valence-corrected chi connectivity index (χ0v) is 12.3. The highest BCUT2D eigenvalue weighted by atomic mass is 16.1. The number of aromatic nitrogens is 3. The van der Waals surface area contributed by atoms with Gasteiger partial charge in [-0.2, -0.15) is 4.98 Å². The number of rotatable bonds is 6. The van der Waals surface area contributed by atoms with Crippen LogP contribution < -0.4 is 16.4 Å². The number of hydrogen-bond acceptors (Lipinski definition) is 6. The van der Waals surface area contributed by atoms with Gasteiger partial charge in [0.2, 0.25) is 5.95 Å². The number of carbonyl (C=O) groups excluding carboxylic acids is 1. The molecule has 2 aromatic rings. The fourth-order valence-electron chi connectivity index (χ4n) is 2.02. The maximum Gasteiger partial charge on any atom is 0.273 e. The summed E-state index contributed by atoms with van der Waals surface area (Å²) >= 11 is 0. The Bertz CT molecular complexity index is 681. The number of amides is 1. The molecule has 0 atom stereocenters. The first-order valence-electron chi connectivity index (χ1n) is 7.32. The van der Waals surface area contributed by atoms with Crippen molar-refractivity contribution in [1.82, 2.24) is 15.2 Å². The van der Waals surface area contributed by atoms with Crippen molar-refractivity contribution in [3.05, 3.63) is 35.5 Å². The van der Waals surface area contributed by atoms with E-state index in [1.54, 1.807) is 0 Å². The number of anilines is 3. The van der Waals surface area contributed by atoms with Crippen molar-refractivity contribution in [2.24, 2.45) is 5.73 Å². The van der Waals surface area contributed by atoms with E-state index in [9.17, 15) is 4.79 Å². The molecular formula is C15H18N6O. The van der Waals surface area contributed by atoms with E-state index in [1.165, 1.54) is 5.56 Å². The van der Waals surface area contributed by atoms with Gasteiger partial charge in [0.15, 0.2) is 11.5 Å². The van der Waals surface area contributed by atoms with Crippen molar-refractivity contribution in [3.8, 4) is 0 Å². The van der Waals surface area contributed by atoms with Crippen LogP contribution in [0.1, 0.15) is 35.8 Å². The molecule has 1 aliphatic rings. The van der Waals surface area contributed by atoms with Gasteiger partial charge >= 0.3 is 0 Å². The predicted molar refractivity (Wildman–Crippen MR) is 84.1 cm³/mol. The zero-order chi connectivity index (χ0) is 15.5. The lowest BCUT2D eigenvalue weighted by Crippen LogP contribution is -2.20. The Kier molecular flexibility index (Phi) is 3.86. The van der Waals surface area contributed by atoms with Crippen LogP contribution in [0.5, 0.6) is 0 Å². The second-order valence-corrected chi connectivity index (χ2v) is 5.29. The van der Waals surface area contributed by atoms with Gasteiger partial charge in [-0.1, -0.05) is 19.1 Å². The van der Waals surface area contributed by atoms with Crippen LogP contribution in [0.25, 0.3) is 0 Å². The number of nitrogens with zero attached hydrogens (tertiary/aromatic N) is 3. The molecule has 1 aliphatic carbocycles. The van der Waals surface area contributed by atoms with Gasteiger partial charge in [-0.05, 0) is 37.0 Å². The van der Waals surface area contributed by atoms with Crippen LogP contribution in [0.3, 0.4) is 0 Å². The third-order valence-corrected chi connectivity index (χ3v) is 3.46. The molecule has 3 rings (SSSR count). The lowest BCUT2D eigenvalue weighted by molar-refractivity contribution is 0.0995. The summed E-state index contributed by atoms with van der Waals surface area (Å²) < 4.78 is 0. The molecule has 1 saturated carbocycles. The number of aryl methyl sites for hydroxylation is 1. The second-order valence-electron chi connectivity index (χ2n) is 5.29. The van der Waals surface area contributed by atoms with E-state index in [4.69, 9.17) is 5.73 Å². The number of nitrogens with one attached hydrogen (secondary N) is 2. The molecule has 22 heavy (non-hydrogen) atoms. The molecule has 7 heteroatoms. The normalized spacial score (nSPS) is 13.7. The predicted octanol–water partition coefficient (Wildman–Crippen LogP) is 1.85. The monoisotopic (exact) mass is 298 g/mol. The van der Waals surface area contributed by atoms with E-state index in [1.807, 2.05) is 24.3 Å². The van der Waals surface area contributed by atoms with E-state index in [2.05, 4.69) is 32.7 Å². The van der Waals surface area contributed by atoms with E-state index < -0.39 is 5.91 Å². The number of benzene rings is 1. The minimum atomic E-state index is -0.637. The number of primary amides is 1. The van der Waals surface area contributed by atoms with Crippen molar-refractivity contribution >= 4 is 23.4 Å². The van der Waals surface area contributed by atoms with Crippen molar-refractivity contribution in [2.45, 2.75) is 32.2 Å².